The average Bonchev–Trinajstić information content (AvgIpc) is 3.04. The summed E-state index contributed by atoms with van der Waals surface area (Å²) in [6.07, 6.45) is -1.22. The minimum Gasteiger partial charge on any atom is -0.391 e. The number of nitrogens with one attached hydrogen (secondary N) is 2. The SMILES string of the molecule is O=C(NCC1CNCC1O)C1(c2cccc(C(F)(F)F)c2)CCCCC1. The van der Waals surface area contributed by atoms with Crippen LogP contribution in [0.25, 0.3) is 0 Å². The minimum absolute atomic E-state index is 0.0684. The molecule has 2 unspecified atom stereocenters. The Balaban J connectivity index is 1.83. The normalized spacial score (nSPS) is 25.8. The number of β-amino-alcohol motifs (C(OH)–C–C–N with tert-alkyl or cyclic N) is 1. The van der Waals surface area contributed by atoms with Crippen LogP contribution in [0.2, 0.25) is 0 Å². The van der Waals surface area contributed by atoms with Crippen molar-refractivity contribution in [2.75, 3.05) is 19.6 Å². The maximum Gasteiger partial charge on any atom is 0.416 e. The summed E-state index contributed by atoms with van der Waals surface area (Å²) in [5, 5.41) is 15.8. The van der Waals surface area contributed by atoms with Gasteiger partial charge in [0.15, 0.2) is 0 Å². The van der Waals surface area contributed by atoms with Crippen LogP contribution in [0.3, 0.4) is 0 Å². The number of carbonyl (C=O) groups excluding carboxylic acids is 1. The second kappa shape index (κ2) is 7.56. The molecule has 26 heavy (non-hydrogen) atoms. The molecule has 1 aromatic rings. The minimum atomic E-state index is -4.43. The van der Waals surface area contributed by atoms with Crippen LogP contribution < -0.4 is 10.6 Å². The molecule has 1 aliphatic heterocycles. The predicted molar refractivity (Wildman–Crippen MR) is 91.6 cm³/mol. The first-order valence-corrected chi connectivity index (χ1v) is 9.18. The van der Waals surface area contributed by atoms with Crippen molar-refractivity contribution < 1.29 is 23.1 Å². The van der Waals surface area contributed by atoms with Gasteiger partial charge in [-0.2, -0.15) is 13.2 Å². The summed E-state index contributed by atoms with van der Waals surface area (Å²) in [7, 11) is 0. The smallest absolute Gasteiger partial charge is 0.391 e. The Bertz CT molecular complexity index is 642. The highest BCUT2D eigenvalue weighted by Gasteiger charge is 2.42. The van der Waals surface area contributed by atoms with Crippen molar-refractivity contribution in [3.05, 3.63) is 35.4 Å². The van der Waals surface area contributed by atoms with Gasteiger partial charge < -0.3 is 15.7 Å². The van der Waals surface area contributed by atoms with Crippen molar-refractivity contribution >= 4 is 5.91 Å². The molecule has 144 valence electrons. The first kappa shape index (κ1) is 19.2. The fourth-order valence-electron chi connectivity index (χ4n) is 4.12. The van der Waals surface area contributed by atoms with Crippen LogP contribution in [0.4, 0.5) is 13.2 Å². The second-order valence-corrected chi connectivity index (χ2v) is 7.42. The molecule has 1 saturated carbocycles. The summed E-state index contributed by atoms with van der Waals surface area (Å²) < 4.78 is 39.4. The van der Waals surface area contributed by atoms with E-state index >= 15 is 0 Å². The lowest BCUT2D eigenvalue weighted by Crippen LogP contribution is -2.48. The van der Waals surface area contributed by atoms with E-state index in [1.165, 1.54) is 6.07 Å². The molecule has 2 fully saturated rings. The van der Waals surface area contributed by atoms with Gasteiger partial charge in [-0.15, -0.1) is 0 Å². The highest BCUT2D eigenvalue weighted by atomic mass is 19.4. The Morgan fingerprint density at radius 3 is 2.58 bits per heavy atom. The third kappa shape index (κ3) is 3.88. The zero-order valence-corrected chi connectivity index (χ0v) is 14.6. The van der Waals surface area contributed by atoms with E-state index in [0.717, 1.165) is 31.4 Å². The van der Waals surface area contributed by atoms with E-state index in [4.69, 9.17) is 0 Å². The van der Waals surface area contributed by atoms with Crippen LogP contribution in [0.15, 0.2) is 24.3 Å². The molecule has 1 aliphatic carbocycles. The standard InChI is InChI=1S/C19H25F3N2O2/c20-19(21,22)15-6-4-5-14(9-15)18(7-2-1-3-8-18)17(26)24-11-13-10-23-12-16(13)25/h4-6,9,13,16,23,25H,1-3,7-8,10-12H2,(H,24,26). The number of rotatable bonds is 4. The van der Waals surface area contributed by atoms with E-state index in [0.29, 0.717) is 38.0 Å². The fourth-order valence-corrected chi connectivity index (χ4v) is 4.12. The number of hydrogen-bond acceptors (Lipinski definition) is 3. The Hall–Kier alpha value is -1.60. The monoisotopic (exact) mass is 370 g/mol. The number of hydrogen-bond donors (Lipinski definition) is 3. The van der Waals surface area contributed by atoms with E-state index in [2.05, 4.69) is 10.6 Å². The van der Waals surface area contributed by atoms with Gasteiger partial charge in [-0.05, 0) is 24.5 Å². The molecular formula is C19H25F3N2O2. The van der Waals surface area contributed by atoms with Gasteiger partial charge in [-0.1, -0.05) is 37.5 Å². The molecule has 7 heteroatoms. The zero-order valence-electron chi connectivity index (χ0n) is 14.6. The maximum absolute atomic E-state index is 13.1. The van der Waals surface area contributed by atoms with Crippen molar-refractivity contribution in [3.8, 4) is 0 Å². The summed E-state index contributed by atoms with van der Waals surface area (Å²) in [5.74, 6) is -0.295. The molecule has 1 amide bonds. The van der Waals surface area contributed by atoms with Crippen LogP contribution in [0.5, 0.6) is 0 Å². The van der Waals surface area contributed by atoms with E-state index in [1.54, 1.807) is 6.07 Å². The van der Waals surface area contributed by atoms with Gasteiger partial charge >= 0.3 is 6.18 Å². The van der Waals surface area contributed by atoms with E-state index in [1.807, 2.05) is 0 Å². The second-order valence-electron chi connectivity index (χ2n) is 7.42. The van der Waals surface area contributed by atoms with Crippen molar-refractivity contribution in [1.29, 1.82) is 0 Å². The molecule has 0 aromatic heterocycles. The maximum atomic E-state index is 13.1. The van der Waals surface area contributed by atoms with Crippen LogP contribution in [-0.4, -0.2) is 36.8 Å². The van der Waals surface area contributed by atoms with Crippen LogP contribution in [0.1, 0.15) is 43.2 Å². The predicted octanol–water partition coefficient (Wildman–Crippen LogP) is 2.60. The molecular weight excluding hydrogens is 345 g/mol. The van der Waals surface area contributed by atoms with Crippen LogP contribution in [0, 0.1) is 5.92 Å². The molecule has 3 rings (SSSR count). The van der Waals surface area contributed by atoms with Gasteiger partial charge in [0, 0.05) is 25.6 Å². The number of carbonyl (C=O) groups is 1. The van der Waals surface area contributed by atoms with Crippen LogP contribution in [-0.2, 0) is 16.4 Å². The molecule has 0 radical (unpaired) electrons. The van der Waals surface area contributed by atoms with Gasteiger partial charge in [0.25, 0.3) is 0 Å². The summed E-state index contributed by atoms with van der Waals surface area (Å²) in [4.78, 5) is 13.1. The highest BCUT2D eigenvalue weighted by molar-refractivity contribution is 5.88. The summed E-state index contributed by atoms with van der Waals surface area (Å²) in [6, 6.07) is 5.17. The summed E-state index contributed by atoms with van der Waals surface area (Å²) in [6.45, 7) is 1.45. The van der Waals surface area contributed by atoms with E-state index < -0.39 is 23.3 Å². The number of aliphatic hydroxyl groups is 1. The molecule has 3 N–H and O–H groups in total. The molecule has 1 heterocycles. The summed E-state index contributed by atoms with van der Waals surface area (Å²) in [5.41, 5.74) is -1.20. The molecule has 2 aliphatic rings. The zero-order chi connectivity index (χ0) is 18.8. The van der Waals surface area contributed by atoms with Crippen molar-refractivity contribution in [1.82, 2.24) is 10.6 Å². The first-order valence-electron chi connectivity index (χ1n) is 9.18. The molecule has 0 spiro atoms. The third-order valence-electron chi connectivity index (χ3n) is 5.71. The molecule has 0 bridgehead atoms. The van der Waals surface area contributed by atoms with Gasteiger partial charge in [-0.25, -0.2) is 0 Å². The Labute approximate surface area is 151 Å². The molecule has 2 atom stereocenters. The number of amides is 1. The van der Waals surface area contributed by atoms with E-state index in [9.17, 15) is 23.1 Å². The van der Waals surface area contributed by atoms with Gasteiger partial charge in [0.1, 0.15) is 0 Å². The highest BCUT2D eigenvalue weighted by Crippen LogP contribution is 2.41. The lowest BCUT2D eigenvalue weighted by molar-refractivity contribution is -0.138. The van der Waals surface area contributed by atoms with Gasteiger partial charge in [0.05, 0.1) is 17.1 Å². The van der Waals surface area contributed by atoms with Crippen molar-refractivity contribution in [2.45, 2.75) is 49.8 Å². The third-order valence-corrected chi connectivity index (χ3v) is 5.71. The first-order chi connectivity index (χ1) is 12.3. The van der Waals surface area contributed by atoms with Crippen molar-refractivity contribution in [3.63, 3.8) is 0 Å². The lowest BCUT2D eigenvalue weighted by atomic mass is 9.68. The van der Waals surface area contributed by atoms with Crippen LogP contribution >= 0.6 is 0 Å². The number of alkyl halides is 3. The molecule has 1 aromatic carbocycles. The Kier molecular flexibility index (Phi) is 5.58. The van der Waals surface area contributed by atoms with Gasteiger partial charge in [-0.3, -0.25) is 4.79 Å². The summed E-state index contributed by atoms with van der Waals surface area (Å²) >= 11 is 0. The van der Waals surface area contributed by atoms with Crippen molar-refractivity contribution in [2.24, 2.45) is 5.92 Å². The fraction of sp³-hybridized carbons (Fsp3) is 0.632. The number of benzene rings is 1. The average molecular weight is 370 g/mol. The molecule has 1 saturated heterocycles. The quantitative estimate of drug-likeness (QED) is 0.764. The van der Waals surface area contributed by atoms with E-state index in [-0.39, 0.29) is 11.8 Å². The number of halogens is 3. The topological polar surface area (TPSA) is 61.4 Å². The Morgan fingerprint density at radius 2 is 1.96 bits per heavy atom. The largest absolute Gasteiger partial charge is 0.416 e. The Morgan fingerprint density at radius 1 is 1.23 bits per heavy atom. The molecule has 4 nitrogen and oxygen atoms in total. The van der Waals surface area contributed by atoms with Gasteiger partial charge in [0.2, 0.25) is 5.91 Å². The number of aliphatic hydroxyl groups excluding tert-OH is 1. The lowest BCUT2D eigenvalue weighted by Gasteiger charge is -2.37.